The molecule has 1 atom stereocenters. The van der Waals surface area contributed by atoms with Crippen LogP contribution in [0.5, 0.6) is 0 Å². The molecule has 1 N–H and O–H groups in total. The number of amides is 2. The molecule has 2 aromatic rings. The zero-order chi connectivity index (χ0) is 20.5. The number of halogens is 2. The minimum atomic E-state index is -0.539. The van der Waals surface area contributed by atoms with Crippen LogP contribution >= 0.6 is 39.3 Å². The van der Waals surface area contributed by atoms with Crippen molar-refractivity contribution < 1.29 is 9.59 Å². The quantitative estimate of drug-likeness (QED) is 0.552. The van der Waals surface area contributed by atoms with Crippen molar-refractivity contribution in [3.8, 4) is 0 Å². The molecule has 0 saturated carbocycles. The highest BCUT2D eigenvalue weighted by Gasteiger charge is 2.25. The normalized spacial score (nSPS) is 11.7. The molecule has 2 aromatic carbocycles. The molecule has 0 saturated heterocycles. The zero-order valence-electron chi connectivity index (χ0n) is 16.0. The maximum absolute atomic E-state index is 12.9. The van der Waals surface area contributed by atoms with E-state index in [1.807, 2.05) is 55.5 Å². The predicted molar refractivity (Wildman–Crippen MR) is 120 cm³/mol. The molecule has 7 heteroatoms. The first-order valence-corrected chi connectivity index (χ1v) is 11.4. The fourth-order valence-corrected chi connectivity index (χ4v) is 4.10. The lowest BCUT2D eigenvalue weighted by Crippen LogP contribution is -2.48. The standard InChI is InChI=1S/C21H24BrClN2O2S/c1-3-24-21(27)15(2)25(12-17-5-4-6-18(22)11-17)20(26)14-28-13-16-7-9-19(23)10-8-16/h4-11,15H,3,12-14H2,1-2H3,(H,24,27)/t15-/m1/s1. The van der Waals surface area contributed by atoms with Crippen molar-refractivity contribution in [1.29, 1.82) is 0 Å². The Morgan fingerprint density at radius 3 is 2.54 bits per heavy atom. The van der Waals surface area contributed by atoms with Gasteiger partial charge in [-0.1, -0.05) is 51.8 Å². The van der Waals surface area contributed by atoms with Crippen molar-refractivity contribution in [1.82, 2.24) is 10.2 Å². The first kappa shape index (κ1) is 22.8. The number of likely N-dealkylation sites (N-methyl/N-ethyl adjacent to an activating group) is 1. The molecule has 0 heterocycles. The first-order valence-electron chi connectivity index (χ1n) is 9.04. The molecular formula is C21H24BrClN2O2S. The van der Waals surface area contributed by atoms with Gasteiger partial charge in [0.05, 0.1) is 5.75 Å². The van der Waals surface area contributed by atoms with E-state index in [1.54, 1.807) is 11.8 Å². The van der Waals surface area contributed by atoms with E-state index in [1.165, 1.54) is 11.8 Å². The van der Waals surface area contributed by atoms with Crippen molar-refractivity contribution in [3.63, 3.8) is 0 Å². The summed E-state index contributed by atoms with van der Waals surface area (Å²) in [5.41, 5.74) is 2.08. The van der Waals surface area contributed by atoms with Crippen LogP contribution in [0, 0.1) is 0 Å². The number of carbonyl (C=O) groups excluding carboxylic acids is 2. The summed E-state index contributed by atoms with van der Waals surface area (Å²) in [6.45, 7) is 4.56. The molecule has 0 unspecified atom stereocenters. The van der Waals surface area contributed by atoms with E-state index in [4.69, 9.17) is 11.6 Å². The average Bonchev–Trinajstić information content (AvgIpc) is 2.67. The Balaban J connectivity index is 2.04. The molecule has 0 aliphatic rings. The highest BCUT2D eigenvalue weighted by molar-refractivity contribution is 9.10. The van der Waals surface area contributed by atoms with Crippen LogP contribution in [-0.2, 0) is 21.9 Å². The summed E-state index contributed by atoms with van der Waals surface area (Å²) in [6.07, 6.45) is 0. The minimum absolute atomic E-state index is 0.0577. The lowest BCUT2D eigenvalue weighted by Gasteiger charge is -2.28. The number of thioether (sulfide) groups is 1. The van der Waals surface area contributed by atoms with Gasteiger partial charge in [0.15, 0.2) is 0 Å². The van der Waals surface area contributed by atoms with E-state index in [-0.39, 0.29) is 11.8 Å². The number of nitrogens with one attached hydrogen (secondary N) is 1. The molecule has 0 fully saturated rings. The summed E-state index contributed by atoms with van der Waals surface area (Å²) in [6, 6.07) is 14.8. The van der Waals surface area contributed by atoms with Crippen LogP contribution in [0.4, 0.5) is 0 Å². The Hall–Kier alpha value is -1.50. The van der Waals surface area contributed by atoms with Crippen LogP contribution in [0.1, 0.15) is 25.0 Å². The van der Waals surface area contributed by atoms with Gasteiger partial charge in [-0.25, -0.2) is 0 Å². The number of benzene rings is 2. The van der Waals surface area contributed by atoms with Gasteiger partial charge in [0.1, 0.15) is 6.04 Å². The predicted octanol–water partition coefficient (Wildman–Crippen LogP) is 4.89. The Morgan fingerprint density at radius 1 is 1.18 bits per heavy atom. The van der Waals surface area contributed by atoms with Gasteiger partial charge in [0, 0.05) is 28.3 Å². The lowest BCUT2D eigenvalue weighted by atomic mass is 10.1. The van der Waals surface area contributed by atoms with Crippen LogP contribution in [0.25, 0.3) is 0 Å². The highest BCUT2D eigenvalue weighted by Crippen LogP contribution is 2.19. The van der Waals surface area contributed by atoms with Crippen LogP contribution in [0.3, 0.4) is 0 Å². The van der Waals surface area contributed by atoms with Gasteiger partial charge < -0.3 is 10.2 Å². The molecule has 0 aliphatic carbocycles. The molecule has 0 spiro atoms. The number of carbonyl (C=O) groups is 2. The second-order valence-electron chi connectivity index (χ2n) is 6.34. The summed E-state index contributed by atoms with van der Waals surface area (Å²) in [7, 11) is 0. The van der Waals surface area contributed by atoms with Crippen molar-refractivity contribution >= 4 is 51.1 Å². The van der Waals surface area contributed by atoms with Gasteiger partial charge in [-0.3, -0.25) is 9.59 Å². The van der Waals surface area contributed by atoms with Crippen LogP contribution in [0.2, 0.25) is 5.02 Å². The number of nitrogens with zero attached hydrogens (tertiary/aromatic N) is 1. The molecule has 0 aliphatic heterocycles. The van der Waals surface area contributed by atoms with Crippen LogP contribution in [0.15, 0.2) is 53.0 Å². The summed E-state index contributed by atoms with van der Waals surface area (Å²) >= 11 is 10.9. The monoisotopic (exact) mass is 482 g/mol. The van der Waals surface area contributed by atoms with E-state index < -0.39 is 6.04 Å². The number of rotatable bonds is 9. The summed E-state index contributed by atoms with van der Waals surface area (Å²) < 4.78 is 0.945. The fourth-order valence-electron chi connectivity index (χ4n) is 2.66. The van der Waals surface area contributed by atoms with E-state index >= 15 is 0 Å². The van der Waals surface area contributed by atoms with E-state index in [9.17, 15) is 9.59 Å². The number of hydrogen-bond donors (Lipinski definition) is 1. The van der Waals surface area contributed by atoms with E-state index in [0.29, 0.717) is 29.6 Å². The topological polar surface area (TPSA) is 49.4 Å². The third-order valence-corrected chi connectivity index (χ3v) is 5.90. The highest BCUT2D eigenvalue weighted by atomic mass is 79.9. The lowest BCUT2D eigenvalue weighted by molar-refractivity contribution is -0.138. The van der Waals surface area contributed by atoms with E-state index in [0.717, 1.165) is 15.6 Å². The molecule has 2 amide bonds. The molecule has 150 valence electrons. The van der Waals surface area contributed by atoms with Gasteiger partial charge in [-0.15, -0.1) is 11.8 Å². The van der Waals surface area contributed by atoms with Gasteiger partial charge in [0.2, 0.25) is 11.8 Å². The fraction of sp³-hybridized carbons (Fsp3) is 0.333. The van der Waals surface area contributed by atoms with Crippen molar-refractivity contribution in [2.75, 3.05) is 12.3 Å². The maximum atomic E-state index is 12.9. The van der Waals surface area contributed by atoms with Gasteiger partial charge in [0.25, 0.3) is 0 Å². The smallest absolute Gasteiger partial charge is 0.242 e. The second kappa shape index (κ2) is 11.5. The largest absolute Gasteiger partial charge is 0.355 e. The summed E-state index contributed by atoms with van der Waals surface area (Å²) in [4.78, 5) is 26.9. The molecule has 4 nitrogen and oxygen atoms in total. The van der Waals surface area contributed by atoms with Crippen molar-refractivity contribution in [2.24, 2.45) is 0 Å². The zero-order valence-corrected chi connectivity index (χ0v) is 19.1. The molecule has 0 aromatic heterocycles. The third-order valence-electron chi connectivity index (χ3n) is 4.17. The van der Waals surface area contributed by atoms with Gasteiger partial charge >= 0.3 is 0 Å². The minimum Gasteiger partial charge on any atom is -0.355 e. The second-order valence-corrected chi connectivity index (χ2v) is 8.68. The van der Waals surface area contributed by atoms with Gasteiger partial charge in [-0.05, 0) is 49.2 Å². The summed E-state index contributed by atoms with van der Waals surface area (Å²) in [5, 5.41) is 3.50. The molecular weight excluding hydrogens is 460 g/mol. The van der Waals surface area contributed by atoms with Crippen molar-refractivity contribution in [2.45, 2.75) is 32.2 Å². The molecule has 0 bridgehead atoms. The Kier molecular flexibility index (Phi) is 9.35. The summed E-state index contributed by atoms with van der Waals surface area (Å²) in [5.74, 6) is 0.815. The Bertz CT molecular complexity index is 801. The molecule has 0 radical (unpaired) electrons. The third kappa shape index (κ3) is 7.15. The molecule has 2 rings (SSSR count). The average molecular weight is 484 g/mol. The number of hydrogen-bond acceptors (Lipinski definition) is 3. The maximum Gasteiger partial charge on any atom is 0.242 e. The first-order chi connectivity index (χ1) is 13.4. The SMILES string of the molecule is CCNC(=O)[C@@H](C)N(Cc1cccc(Br)c1)C(=O)CSCc1ccc(Cl)cc1. The Labute approximate surface area is 184 Å². The van der Waals surface area contributed by atoms with Crippen LogP contribution < -0.4 is 5.32 Å². The van der Waals surface area contributed by atoms with Gasteiger partial charge in [-0.2, -0.15) is 0 Å². The van der Waals surface area contributed by atoms with E-state index in [2.05, 4.69) is 21.2 Å². The Morgan fingerprint density at radius 2 is 1.89 bits per heavy atom. The van der Waals surface area contributed by atoms with Crippen LogP contribution in [-0.4, -0.2) is 35.1 Å². The molecule has 28 heavy (non-hydrogen) atoms. The van der Waals surface area contributed by atoms with Crippen molar-refractivity contribution in [3.05, 3.63) is 69.2 Å².